The topological polar surface area (TPSA) is 87.4 Å². The molecule has 0 radical (unpaired) electrons. The highest BCUT2D eigenvalue weighted by molar-refractivity contribution is 5.78. The van der Waals surface area contributed by atoms with Crippen molar-refractivity contribution in [2.24, 2.45) is 0 Å². The van der Waals surface area contributed by atoms with E-state index in [9.17, 15) is 4.79 Å². The van der Waals surface area contributed by atoms with Gasteiger partial charge in [-0.1, -0.05) is 32.6 Å². The lowest BCUT2D eigenvalue weighted by molar-refractivity contribution is -0.148. The predicted molar refractivity (Wildman–Crippen MR) is 50.8 cm³/mol. The molecular weight excluding hydrogens is 216 g/mol. The van der Waals surface area contributed by atoms with Crippen LogP contribution in [0.4, 0.5) is 0 Å². The van der Waals surface area contributed by atoms with Crippen LogP contribution in [0.2, 0.25) is 0 Å². The van der Waals surface area contributed by atoms with E-state index in [-0.39, 0.29) is 0 Å². The average molecular weight is 232 g/mol. The third-order valence-corrected chi connectivity index (χ3v) is 2.93. The number of carboxylic acid groups (broad SMARTS) is 1. The van der Waals surface area contributed by atoms with Gasteiger partial charge in [-0.15, -0.1) is 0 Å². The van der Waals surface area contributed by atoms with Crippen LogP contribution in [-0.2, 0) is 24.3 Å². The van der Waals surface area contributed by atoms with E-state index in [1.807, 2.05) is 0 Å². The fourth-order valence-corrected chi connectivity index (χ4v) is 1.77. The Hall–Kier alpha value is -0.690. The second-order valence-corrected chi connectivity index (χ2v) is 4.17. The quantitative estimate of drug-likeness (QED) is 0.389. The summed E-state index contributed by atoms with van der Waals surface area (Å²) in [6.45, 7) is 2.14. The van der Waals surface area contributed by atoms with Crippen LogP contribution < -0.4 is 0 Å². The number of aliphatic carboxylic acids is 1. The molecule has 2 aliphatic rings. The summed E-state index contributed by atoms with van der Waals surface area (Å²) in [6.07, 6.45) is 5.83. The smallest absolute Gasteiger partial charge is 0.386 e. The number of carbonyl (C=O) groups is 1. The molecule has 2 aliphatic heterocycles. The van der Waals surface area contributed by atoms with Crippen molar-refractivity contribution < 1.29 is 29.5 Å². The molecule has 2 rings (SSSR count). The van der Waals surface area contributed by atoms with E-state index in [4.69, 9.17) is 14.9 Å². The molecule has 0 saturated carbocycles. The SMILES string of the molecule is CCCCCCCC1(C2(C(=O)O)OO2)OO1. The van der Waals surface area contributed by atoms with E-state index >= 15 is 0 Å². The Morgan fingerprint density at radius 2 is 1.69 bits per heavy atom. The summed E-state index contributed by atoms with van der Waals surface area (Å²) in [5.74, 6) is -4.15. The zero-order chi connectivity index (χ0) is 11.6. The predicted octanol–water partition coefficient (Wildman–Crippen LogP) is 1.75. The maximum absolute atomic E-state index is 10.9. The van der Waals surface area contributed by atoms with Gasteiger partial charge in [-0.05, 0) is 6.42 Å². The van der Waals surface area contributed by atoms with Gasteiger partial charge in [0.15, 0.2) is 0 Å². The van der Waals surface area contributed by atoms with Gasteiger partial charge in [0, 0.05) is 6.42 Å². The molecule has 0 atom stereocenters. The summed E-state index contributed by atoms with van der Waals surface area (Å²) in [5, 5.41) is 8.91. The van der Waals surface area contributed by atoms with E-state index in [1.54, 1.807) is 0 Å². The van der Waals surface area contributed by atoms with Crippen LogP contribution in [0, 0.1) is 0 Å². The van der Waals surface area contributed by atoms with E-state index in [1.165, 1.54) is 12.8 Å². The third-order valence-electron chi connectivity index (χ3n) is 2.93. The first kappa shape index (κ1) is 11.8. The molecule has 16 heavy (non-hydrogen) atoms. The molecule has 0 bridgehead atoms. The minimum absolute atomic E-state index is 0.475. The number of rotatable bonds is 8. The fraction of sp³-hybridized carbons (Fsp3) is 0.900. The van der Waals surface area contributed by atoms with E-state index in [0.717, 1.165) is 19.3 Å². The van der Waals surface area contributed by atoms with Gasteiger partial charge in [-0.2, -0.15) is 19.6 Å². The molecule has 1 N–H and O–H groups in total. The molecule has 2 heterocycles. The van der Waals surface area contributed by atoms with E-state index in [0.29, 0.717) is 6.42 Å². The van der Waals surface area contributed by atoms with Crippen LogP contribution in [0.5, 0.6) is 0 Å². The minimum atomic E-state index is -1.72. The lowest BCUT2D eigenvalue weighted by Crippen LogP contribution is -2.40. The average Bonchev–Trinajstić information content (AvgIpc) is 3.11. The molecule has 0 spiro atoms. The van der Waals surface area contributed by atoms with Gasteiger partial charge in [0.05, 0.1) is 0 Å². The zero-order valence-corrected chi connectivity index (χ0v) is 9.23. The van der Waals surface area contributed by atoms with Gasteiger partial charge in [-0.3, -0.25) is 0 Å². The first-order valence-electron chi connectivity index (χ1n) is 5.64. The van der Waals surface area contributed by atoms with Crippen LogP contribution in [0.25, 0.3) is 0 Å². The first-order valence-corrected chi connectivity index (χ1v) is 5.64. The normalized spacial score (nSPS) is 24.1. The van der Waals surface area contributed by atoms with Gasteiger partial charge < -0.3 is 5.11 Å². The zero-order valence-electron chi connectivity index (χ0n) is 9.23. The second kappa shape index (κ2) is 4.29. The highest BCUT2D eigenvalue weighted by Crippen LogP contribution is 2.54. The van der Waals surface area contributed by atoms with Crippen molar-refractivity contribution in [1.82, 2.24) is 0 Å². The Kier molecular flexibility index (Phi) is 3.16. The van der Waals surface area contributed by atoms with Gasteiger partial charge >= 0.3 is 17.5 Å². The monoisotopic (exact) mass is 232 g/mol. The summed E-state index contributed by atoms with van der Waals surface area (Å²) in [4.78, 5) is 29.4. The van der Waals surface area contributed by atoms with Crippen molar-refractivity contribution in [2.45, 2.75) is 57.0 Å². The summed E-state index contributed by atoms with van der Waals surface area (Å²) in [5.41, 5.74) is 0. The summed E-state index contributed by atoms with van der Waals surface area (Å²) >= 11 is 0. The standard InChI is InChI=1S/C10H16O6/c1-2-3-4-5-6-7-9(13-14-9)10(8(11)12)15-16-10/h2-7H2,1H3,(H,11,12). The van der Waals surface area contributed by atoms with Gasteiger partial charge in [-0.25, -0.2) is 4.79 Å². The van der Waals surface area contributed by atoms with Crippen molar-refractivity contribution in [3.05, 3.63) is 0 Å². The number of hydrogen-bond acceptors (Lipinski definition) is 5. The van der Waals surface area contributed by atoms with Gasteiger partial charge in [0.1, 0.15) is 0 Å². The summed E-state index contributed by atoms with van der Waals surface area (Å²) in [6, 6.07) is 0. The van der Waals surface area contributed by atoms with Crippen LogP contribution in [0.3, 0.4) is 0 Å². The number of unbranched alkanes of at least 4 members (excludes halogenated alkanes) is 4. The van der Waals surface area contributed by atoms with Gasteiger partial charge in [0.25, 0.3) is 0 Å². The molecule has 0 amide bonds. The third kappa shape index (κ3) is 1.93. The largest absolute Gasteiger partial charge is 0.477 e. The van der Waals surface area contributed by atoms with E-state index in [2.05, 4.69) is 16.7 Å². The Labute approximate surface area is 93.3 Å². The van der Waals surface area contributed by atoms with Crippen molar-refractivity contribution in [1.29, 1.82) is 0 Å². The molecule has 0 aromatic heterocycles. The molecule has 2 fully saturated rings. The molecular formula is C10H16O6. The van der Waals surface area contributed by atoms with Gasteiger partial charge in [0.2, 0.25) is 0 Å². The molecule has 2 saturated heterocycles. The lowest BCUT2D eigenvalue weighted by Gasteiger charge is -2.07. The molecule has 0 unspecified atom stereocenters. The van der Waals surface area contributed by atoms with Crippen molar-refractivity contribution >= 4 is 5.97 Å². The molecule has 92 valence electrons. The highest BCUT2D eigenvalue weighted by atomic mass is 17.5. The number of hydrogen-bond donors (Lipinski definition) is 1. The molecule has 0 aromatic carbocycles. The molecule has 0 aliphatic carbocycles. The molecule has 6 nitrogen and oxygen atoms in total. The summed E-state index contributed by atoms with van der Waals surface area (Å²) < 4.78 is 0. The number of carboxylic acids is 1. The minimum Gasteiger partial charge on any atom is -0.477 e. The summed E-state index contributed by atoms with van der Waals surface area (Å²) in [7, 11) is 0. The van der Waals surface area contributed by atoms with Crippen molar-refractivity contribution in [2.75, 3.05) is 0 Å². The Morgan fingerprint density at radius 1 is 1.06 bits per heavy atom. The molecule has 0 aromatic rings. The maximum Gasteiger partial charge on any atom is 0.386 e. The van der Waals surface area contributed by atoms with E-state index < -0.39 is 17.5 Å². The maximum atomic E-state index is 10.9. The Balaban J connectivity index is 1.75. The van der Waals surface area contributed by atoms with Crippen LogP contribution in [0.15, 0.2) is 0 Å². The Morgan fingerprint density at radius 3 is 2.12 bits per heavy atom. The van der Waals surface area contributed by atoms with Crippen LogP contribution in [-0.4, -0.2) is 22.7 Å². The second-order valence-electron chi connectivity index (χ2n) is 4.17. The highest BCUT2D eigenvalue weighted by Gasteiger charge is 2.82. The lowest BCUT2D eigenvalue weighted by atomic mass is 10.0. The molecule has 6 heteroatoms. The first-order chi connectivity index (χ1) is 7.67. The van der Waals surface area contributed by atoms with Crippen molar-refractivity contribution in [3.8, 4) is 0 Å². The van der Waals surface area contributed by atoms with Crippen LogP contribution >= 0.6 is 0 Å². The van der Waals surface area contributed by atoms with Crippen molar-refractivity contribution in [3.63, 3.8) is 0 Å². The fourth-order valence-electron chi connectivity index (χ4n) is 1.77. The Bertz CT molecular complexity index is 268. The van der Waals surface area contributed by atoms with Crippen LogP contribution in [0.1, 0.15) is 45.4 Å².